The second-order valence-corrected chi connectivity index (χ2v) is 5.57. The number of para-hydroxylation sites is 1. The van der Waals surface area contributed by atoms with Crippen LogP contribution in [0.5, 0.6) is 5.75 Å². The highest BCUT2D eigenvalue weighted by Gasteiger charge is 2.41. The summed E-state index contributed by atoms with van der Waals surface area (Å²) in [7, 11) is 0. The van der Waals surface area contributed by atoms with Gasteiger partial charge in [0.15, 0.2) is 0 Å². The number of hydrogen-bond donors (Lipinski definition) is 1. The summed E-state index contributed by atoms with van der Waals surface area (Å²) in [6.45, 7) is 5.62. The van der Waals surface area contributed by atoms with Crippen LogP contribution in [-0.4, -0.2) is 30.1 Å². The number of likely N-dealkylation sites (tertiary alicyclic amines) is 1. The van der Waals surface area contributed by atoms with Crippen molar-refractivity contribution in [3.05, 3.63) is 29.8 Å². The van der Waals surface area contributed by atoms with E-state index >= 15 is 0 Å². The van der Waals surface area contributed by atoms with E-state index in [1.54, 1.807) is 0 Å². The molecule has 1 saturated heterocycles. The second kappa shape index (κ2) is 4.56. The van der Waals surface area contributed by atoms with Gasteiger partial charge < -0.3 is 15.4 Å². The van der Waals surface area contributed by atoms with Crippen molar-refractivity contribution >= 4 is 0 Å². The van der Waals surface area contributed by atoms with Gasteiger partial charge in [0.1, 0.15) is 11.4 Å². The monoisotopic (exact) mass is 246 g/mol. The van der Waals surface area contributed by atoms with Gasteiger partial charge in [-0.15, -0.1) is 0 Å². The zero-order valence-corrected chi connectivity index (χ0v) is 11.1. The summed E-state index contributed by atoms with van der Waals surface area (Å²) in [4.78, 5) is 2.49. The van der Waals surface area contributed by atoms with E-state index in [-0.39, 0.29) is 11.6 Å². The topological polar surface area (TPSA) is 38.5 Å². The third-order valence-corrected chi connectivity index (χ3v) is 4.45. The molecule has 2 N–H and O–H groups in total. The van der Waals surface area contributed by atoms with Crippen LogP contribution in [0.2, 0.25) is 0 Å². The highest BCUT2D eigenvalue weighted by atomic mass is 16.5. The van der Waals surface area contributed by atoms with Crippen molar-refractivity contribution in [2.45, 2.75) is 37.8 Å². The molecule has 2 aliphatic rings. The van der Waals surface area contributed by atoms with Gasteiger partial charge in [0, 0.05) is 31.1 Å². The number of nitrogens with two attached hydrogens (primary N) is 1. The third kappa shape index (κ3) is 2.02. The Labute approximate surface area is 109 Å². The molecule has 1 atom stereocenters. The average molecular weight is 246 g/mol. The van der Waals surface area contributed by atoms with Gasteiger partial charge in [0.05, 0.1) is 0 Å². The maximum absolute atomic E-state index is 6.33. The molecule has 18 heavy (non-hydrogen) atoms. The zero-order chi connectivity index (χ0) is 12.6. The number of rotatable bonds is 1. The Bertz CT molecular complexity index is 424. The third-order valence-electron chi connectivity index (χ3n) is 4.45. The highest BCUT2D eigenvalue weighted by Crippen LogP contribution is 2.42. The van der Waals surface area contributed by atoms with Gasteiger partial charge in [-0.2, -0.15) is 0 Å². The van der Waals surface area contributed by atoms with Crippen molar-refractivity contribution < 1.29 is 4.74 Å². The van der Waals surface area contributed by atoms with Crippen LogP contribution in [0.4, 0.5) is 0 Å². The van der Waals surface area contributed by atoms with Crippen molar-refractivity contribution in [2.24, 2.45) is 5.73 Å². The standard InChI is InChI=1S/C15H22N2O/c1-2-17-9-7-15(8-10-17)11-13(16)12-5-3-4-6-14(12)18-15/h3-6,13H,2,7-11,16H2,1H3. The summed E-state index contributed by atoms with van der Waals surface area (Å²) in [6, 6.07) is 8.35. The molecular formula is C15H22N2O. The van der Waals surface area contributed by atoms with Crippen LogP contribution in [-0.2, 0) is 0 Å². The van der Waals surface area contributed by atoms with Crippen molar-refractivity contribution in [3.63, 3.8) is 0 Å². The lowest BCUT2D eigenvalue weighted by atomic mass is 9.81. The Hall–Kier alpha value is -1.06. The Morgan fingerprint density at radius 3 is 2.78 bits per heavy atom. The molecule has 98 valence electrons. The normalized spacial score (nSPS) is 26.7. The summed E-state index contributed by atoms with van der Waals surface area (Å²) in [6.07, 6.45) is 3.16. The molecule has 2 aliphatic heterocycles. The minimum atomic E-state index is -0.0144. The number of ether oxygens (including phenoxy) is 1. The molecule has 2 heterocycles. The van der Waals surface area contributed by atoms with Gasteiger partial charge in [0.2, 0.25) is 0 Å². The van der Waals surface area contributed by atoms with Crippen LogP contribution in [0.15, 0.2) is 24.3 Å². The van der Waals surface area contributed by atoms with E-state index in [0.717, 1.165) is 44.6 Å². The molecule has 1 unspecified atom stereocenters. The van der Waals surface area contributed by atoms with E-state index in [1.807, 2.05) is 12.1 Å². The molecule has 0 amide bonds. The molecule has 0 saturated carbocycles. The van der Waals surface area contributed by atoms with Crippen LogP contribution in [0.3, 0.4) is 0 Å². The first-order valence-electron chi connectivity index (χ1n) is 6.98. The summed E-state index contributed by atoms with van der Waals surface area (Å²) in [5, 5.41) is 0. The fourth-order valence-corrected chi connectivity index (χ4v) is 3.25. The zero-order valence-electron chi connectivity index (χ0n) is 11.1. The van der Waals surface area contributed by atoms with Gasteiger partial charge in [0.25, 0.3) is 0 Å². The quantitative estimate of drug-likeness (QED) is 0.826. The molecule has 3 nitrogen and oxygen atoms in total. The van der Waals surface area contributed by atoms with Crippen LogP contribution < -0.4 is 10.5 Å². The first-order chi connectivity index (χ1) is 8.72. The Kier molecular flexibility index (Phi) is 3.04. The first kappa shape index (κ1) is 12.0. The summed E-state index contributed by atoms with van der Waals surface area (Å²) in [5.74, 6) is 1.00. The number of piperidine rings is 1. The number of hydrogen-bond acceptors (Lipinski definition) is 3. The summed E-state index contributed by atoms with van der Waals surface area (Å²) in [5.41, 5.74) is 7.48. The first-order valence-corrected chi connectivity index (χ1v) is 6.98. The smallest absolute Gasteiger partial charge is 0.124 e. The largest absolute Gasteiger partial charge is 0.487 e. The fraction of sp³-hybridized carbons (Fsp3) is 0.600. The molecule has 3 rings (SSSR count). The lowest BCUT2D eigenvalue weighted by Crippen LogP contribution is -2.51. The van der Waals surface area contributed by atoms with E-state index < -0.39 is 0 Å². The lowest BCUT2D eigenvalue weighted by Gasteiger charge is -2.46. The molecule has 0 radical (unpaired) electrons. The van der Waals surface area contributed by atoms with E-state index in [0.29, 0.717) is 0 Å². The van der Waals surface area contributed by atoms with Gasteiger partial charge in [-0.3, -0.25) is 0 Å². The number of benzene rings is 1. The molecule has 0 bridgehead atoms. The molecule has 0 aromatic heterocycles. The highest BCUT2D eigenvalue weighted by molar-refractivity contribution is 5.38. The maximum Gasteiger partial charge on any atom is 0.124 e. The molecule has 3 heteroatoms. The summed E-state index contributed by atoms with van der Waals surface area (Å²) < 4.78 is 6.32. The molecular weight excluding hydrogens is 224 g/mol. The summed E-state index contributed by atoms with van der Waals surface area (Å²) >= 11 is 0. The fourth-order valence-electron chi connectivity index (χ4n) is 3.25. The van der Waals surface area contributed by atoms with Gasteiger partial charge in [-0.1, -0.05) is 25.1 Å². The number of fused-ring (bicyclic) bond motifs is 1. The predicted molar refractivity (Wildman–Crippen MR) is 72.7 cm³/mol. The molecule has 1 spiro atoms. The van der Waals surface area contributed by atoms with E-state index in [9.17, 15) is 0 Å². The minimum Gasteiger partial charge on any atom is -0.487 e. The predicted octanol–water partition coefficient (Wildman–Crippen LogP) is 2.32. The van der Waals surface area contributed by atoms with E-state index in [1.165, 1.54) is 5.56 Å². The Morgan fingerprint density at radius 2 is 2.06 bits per heavy atom. The Balaban J connectivity index is 1.81. The SMILES string of the molecule is CCN1CCC2(CC1)CC(N)c1ccccc1O2. The molecule has 1 fully saturated rings. The van der Waals surface area contributed by atoms with Crippen LogP contribution in [0.25, 0.3) is 0 Å². The van der Waals surface area contributed by atoms with Gasteiger partial charge >= 0.3 is 0 Å². The molecule has 0 aliphatic carbocycles. The van der Waals surface area contributed by atoms with Crippen LogP contribution in [0, 0.1) is 0 Å². The maximum atomic E-state index is 6.33. The number of nitrogens with zero attached hydrogens (tertiary/aromatic N) is 1. The van der Waals surface area contributed by atoms with E-state index in [4.69, 9.17) is 10.5 Å². The van der Waals surface area contributed by atoms with Crippen molar-refractivity contribution in [2.75, 3.05) is 19.6 Å². The van der Waals surface area contributed by atoms with Gasteiger partial charge in [-0.25, -0.2) is 0 Å². The lowest BCUT2D eigenvalue weighted by molar-refractivity contribution is -0.0205. The minimum absolute atomic E-state index is 0.0144. The molecule has 1 aromatic carbocycles. The van der Waals surface area contributed by atoms with Crippen molar-refractivity contribution in [1.29, 1.82) is 0 Å². The Morgan fingerprint density at radius 1 is 1.33 bits per heavy atom. The second-order valence-electron chi connectivity index (χ2n) is 5.57. The molecule has 1 aromatic rings. The van der Waals surface area contributed by atoms with Crippen molar-refractivity contribution in [3.8, 4) is 5.75 Å². The van der Waals surface area contributed by atoms with Crippen LogP contribution in [0.1, 0.15) is 37.8 Å². The average Bonchev–Trinajstić information content (AvgIpc) is 2.40. The van der Waals surface area contributed by atoms with Crippen molar-refractivity contribution in [1.82, 2.24) is 4.90 Å². The van der Waals surface area contributed by atoms with Gasteiger partial charge in [-0.05, 0) is 25.5 Å². The van der Waals surface area contributed by atoms with E-state index in [2.05, 4.69) is 24.0 Å². The van der Waals surface area contributed by atoms with Crippen LogP contribution >= 0.6 is 0 Å².